The van der Waals surface area contributed by atoms with Gasteiger partial charge in [-0.1, -0.05) is 50.1 Å². The lowest BCUT2D eigenvalue weighted by atomic mass is 9.97. The van der Waals surface area contributed by atoms with Gasteiger partial charge in [-0.2, -0.15) is 0 Å². The molecule has 0 fully saturated rings. The van der Waals surface area contributed by atoms with Gasteiger partial charge in [-0.25, -0.2) is 13.2 Å². The zero-order chi connectivity index (χ0) is 17.1. The fourth-order valence-corrected chi connectivity index (χ4v) is 3.01. The van der Waals surface area contributed by atoms with Gasteiger partial charge in [0.2, 0.25) is 0 Å². The van der Waals surface area contributed by atoms with E-state index in [1.807, 2.05) is 12.1 Å². The molecule has 0 spiro atoms. The average molecular weight is 328 g/mol. The normalized spacial score (nSPS) is 11.2. The van der Waals surface area contributed by atoms with Crippen molar-refractivity contribution in [1.82, 2.24) is 0 Å². The highest BCUT2D eigenvalue weighted by atomic mass is 19.1. The molecule has 0 saturated carbocycles. The molecule has 0 aromatic heterocycles. The van der Waals surface area contributed by atoms with Crippen molar-refractivity contribution >= 4 is 10.8 Å². The molecule has 0 nitrogen and oxygen atoms in total. The lowest BCUT2D eigenvalue weighted by molar-refractivity contribution is 0.583. The largest absolute Gasteiger partial charge is 0.207 e. The van der Waals surface area contributed by atoms with Gasteiger partial charge in [0.05, 0.1) is 0 Å². The molecule has 0 saturated heterocycles. The molecule has 0 radical (unpaired) electrons. The first-order valence-corrected chi connectivity index (χ1v) is 8.26. The van der Waals surface area contributed by atoms with E-state index in [4.69, 9.17) is 0 Å². The van der Waals surface area contributed by atoms with Gasteiger partial charge in [0.1, 0.15) is 17.5 Å². The molecule has 3 heteroatoms. The maximum atomic E-state index is 14.8. The van der Waals surface area contributed by atoms with E-state index in [-0.39, 0.29) is 11.1 Å². The predicted molar refractivity (Wildman–Crippen MR) is 92.5 cm³/mol. The maximum Gasteiger partial charge on any atom is 0.138 e. The van der Waals surface area contributed by atoms with Gasteiger partial charge in [0.15, 0.2) is 0 Å². The number of rotatable bonds is 5. The van der Waals surface area contributed by atoms with Crippen molar-refractivity contribution < 1.29 is 13.2 Å². The molecule has 124 valence electrons. The number of hydrogen-bond acceptors (Lipinski definition) is 0. The minimum Gasteiger partial charge on any atom is -0.207 e. The second-order valence-electron chi connectivity index (χ2n) is 6.10. The maximum absolute atomic E-state index is 14.8. The van der Waals surface area contributed by atoms with Crippen LogP contribution in [0.4, 0.5) is 13.2 Å². The Hall–Kier alpha value is -2.29. The summed E-state index contributed by atoms with van der Waals surface area (Å²) >= 11 is 0. The van der Waals surface area contributed by atoms with Gasteiger partial charge in [0, 0.05) is 17.0 Å². The van der Waals surface area contributed by atoms with E-state index >= 15 is 0 Å². The quantitative estimate of drug-likeness (QED) is 0.460. The first kappa shape index (κ1) is 16.6. The Morgan fingerprint density at radius 1 is 0.792 bits per heavy atom. The van der Waals surface area contributed by atoms with E-state index in [0.717, 1.165) is 42.8 Å². The van der Waals surface area contributed by atoms with Crippen LogP contribution in [-0.2, 0) is 6.42 Å². The number of hydrogen-bond donors (Lipinski definition) is 0. The highest BCUT2D eigenvalue weighted by Crippen LogP contribution is 2.30. The summed E-state index contributed by atoms with van der Waals surface area (Å²) in [5.74, 6) is -1.87. The molecule has 0 amide bonds. The molecule has 24 heavy (non-hydrogen) atoms. The lowest BCUT2D eigenvalue weighted by Gasteiger charge is -2.09. The van der Waals surface area contributed by atoms with E-state index in [1.54, 1.807) is 18.2 Å². The third-order valence-electron chi connectivity index (χ3n) is 4.26. The monoisotopic (exact) mass is 328 g/mol. The minimum absolute atomic E-state index is 0.207. The molecule has 0 aliphatic rings. The van der Waals surface area contributed by atoms with Gasteiger partial charge < -0.3 is 0 Å². The fourth-order valence-electron chi connectivity index (χ4n) is 3.01. The van der Waals surface area contributed by atoms with Gasteiger partial charge in [0.25, 0.3) is 0 Å². The molecular weight excluding hydrogens is 309 g/mol. The standard InChI is InChI=1S/C21H19F3/c1-2-3-4-5-14-6-8-19-15(10-14)7-9-20(21(19)24)16-11-17(22)13-18(23)12-16/h6-13H,2-5H2,1H3. The zero-order valence-corrected chi connectivity index (χ0v) is 13.6. The number of aryl methyl sites for hydroxylation is 1. The summed E-state index contributed by atoms with van der Waals surface area (Å²) in [6.07, 6.45) is 4.43. The van der Waals surface area contributed by atoms with E-state index in [2.05, 4.69) is 6.92 Å². The van der Waals surface area contributed by atoms with Crippen LogP contribution in [0, 0.1) is 17.5 Å². The van der Waals surface area contributed by atoms with Gasteiger partial charge in [-0.3, -0.25) is 0 Å². The zero-order valence-electron chi connectivity index (χ0n) is 13.6. The summed E-state index contributed by atoms with van der Waals surface area (Å²) in [7, 11) is 0. The highest BCUT2D eigenvalue weighted by Gasteiger charge is 2.12. The van der Waals surface area contributed by atoms with Crippen molar-refractivity contribution in [3.05, 3.63) is 71.5 Å². The molecule has 0 heterocycles. The molecule has 0 aliphatic carbocycles. The Morgan fingerprint density at radius 2 is 1.54 bits per heavy atom. The average Bonchev–Trinajstić information content (AvgIpc) is 2.54. The molecule has 0 bridgehead atoms. The van der Waals surface area contributed by atoms with Gasteiger partial charge in [-0.15, -0.1) is 0 Å². The predicted octanol–water partition coefficient (Wildman–Crippen LogP) is 6.66. The first-order valence-electron chi connectivity index (χ1n) is 8.26. The molecule has 3 rings (SSSR count). The summed E-state index contributed by atoms with van der Waals surface area (Å²) in [5, 5.41) is 1.28. The fraction of sp³-hybridized carbons (Fsp3) is 0.238. The second-order valence-corrected chi connectivity index (χ2v) is 6.10. The van der Waals surface area contributed by atoms with Crippen molar-refractivity contribution in [2.24, 2.45) is 0 Å². The van der Waals surface area contributed by atoms with E-state index < -0.39 is 17.5 Å². The van der Waals surface area contributed by atoms with Crippen LogP contribution in [0.2, 0.25) is 0 Å². The van der Waals surface area contributed by atoms with Crippen LogP contribution in [-0.4, -0.2) is 0 Å². The Labute approximate surface area is 139 Å². The van der Waals surface area contributed by atoms with Crippen molar-refractivity contribution in [3.63, 3.8) is 0 Å². The second kappa shape index (κ2) is 7.08. The molecular formula is C21H19F3. The van der Waals surface area contributed by atoms with Gasteiger partial charge in [-0.05, 0) is 41.5 Å². The van der Waals surface area contributed by atoms with Crippen LogP contribution in [0.25, 0.3) is 21.9 Å². The van der Waals surface area contributed by atoms with Crippen molar-refractivity contribution in [2.75, 3.05) is 0 Å². The van der Waals surface area contributed by atoms with Crippen LogP contribution >= 0.6 is 0 Å². The highest BCUT2D eigenvalue weighted by molar-refractivity contribution is 5.88. The van der Waals surface area contributed by atoms with Crippen LogP contribution < -0.4 is 0 Å². The number of unbranched alkanes of at least 4 members (excludes halogenated alkanes) is 2. The third-order valence-corrected chi connectivity index (χ3v) is 4.26. The summed E-state index contributed by atoms with van der Waals surface area (Å²) in [6.45, 7) is 2.16. The lowest BCUT2D eigenvalue weighted by Crippen LogP contribution is -1.91. The SMILES string of the molecule is CCCCCc1ccc2c(F)c(-c3cc(F)cc(F)c3)ccc2c1. The minimum atomic E-state index is -0.712. The summed E-state index contributed by atoms with van der Waals surface area (Å²) in [5.41, 5.74) is 1.60. The van der Waals surface area contributed by atoms with Crippen molar-refractivity contribution in [2.45, 2.75) is 32.6 Å². The van der Waals surface area contributed by atoms with Crippen molar-refractivity contribution in [3.8, 4) is 11.1 Å². The Morgan fingerprint density at radius 3 is 2.25 bits per heavy atom. The Balaban J connectivity index is 2.00. The van der Waals surface area contributed by atoms with Crippen LogP contribution in [0.5, 0.6) is 0 Å². The van der Waals surface area contributed by atoms with Crippen molar-refractivity contribution in [1.29, 1.82) is 0 Å². The van der Waals surface area contributed by atoms with E-state index in [1.165, 1.54) is 12.0 Å². The smallest absolute Gasteiger partial charge is 0.138 e. The van der Waals surface area contributed by atoms with E-state index in [9.17, 15) is 13.2 Å². The molecule has 0 N–H and O–H groups in total. The number of halogens is 3. The molecule has 3 aromatic carbocycles. The summed E-state index contributed by atoms with van der Waals surface area (Å²) in [4.78, 5) is 0. The third kappa shape index (κ3) is 3.45. The van der Waals surface area contributed by atoms with Gasteiger partial charge >= 0.3 is 0 Å². The Kier molecular flexibility index (Phi) is 4.89. The number of benzene rings is 3. The molecule has 3 aromatic rings. The molecule has 0 aliphatic heterocycles. The Bertz CT molecular complexity index is 848. The summed E-state index contributed by atoms with van der Waals surface area (Å²) in [6, 6.07) is 12.1. The van der Waals surface area contributed by atoms with Crippen LogP contribution in [0.3, 0.4) is 0 Å². The van der Waals surface area contributed by atoms with Crippen LogP contribution in [0.15, 0.2) is 48.5 Å². The number of fused-ring (bicyclic) bond motifs is 1. The topological polar surface area (TPSA) is 0 Å². The first-order chi connectivity index (χ1) is 11.6. The van der Waals surface area contributed by atoms with E-state index in [0.29, 0.717) is 5.39 Å². The molecule has 0 unspecified atom stereocenters. The molecule has 0 atom stereocenters. The summed E-state index contributed by atoms with van der Waals surface area (Å²) < 4.78 is 41.6. The van der Waals surface area contributed by atoms with Crippen LogP contribution in [0.1, 0.15) is 31.7 Å².